The van der Waals surface area contributed by atoms with Crippen molar-refractivity contribution in [3.63, 3.8) is 0 Å². The summed E-state index contributed by atoms with van der Waals surface area (Å²) in [4.78, 5) is 11.6. The highest BCUT2D eigenvalue weighted by molar-refractivity contribution is 5.76. The molecule has 0 aromatic carbocycles. The summed E-state index contributed by atoms with van der Waals surface area (Å²) in [6.07, 6.45) is 2.73. The molecule has 92 valence electrons. The second-order valence-electron chi connectivity index (χ2n) is 4.73. The lowest BCUT2D eigenvalue weighted by Crippen LogP contribution is -2.42. The first-order valence-electron chi connectivity index (χ1n) is 6.17. The van der Waals surface area contributed by atoms with Gasteiger partial charge in [-0.15, -0.1) is 0 Å². The Morgan fingerprint density at radius 1 is 1.44 bits per heavy atom. The SMILES string of the molecule is O=C(CC(O)C1CCCN1)NC1CCNC1. The fourth-order valence-electron chi connectivity index (χ4n) is 2.44. The van der Waals surface area contributed by atoms with Crippen LogP contribution in [-0.2, 0) is 4.79 Å². The molecule has 5 nitrogen and oxygen atoms in total. The summed E-state index contributed by atoms with van der Waals surface area (Å²) < 4.78 is 0. The van der Waals surface area contributed by atoms with Crippen molar-refractivity contribution in [3.05, 3.63) is 0 Å². The first-order chi connectivity index (χ1) is 7.75. The molecule has 0 saturated carbocycles. The van der Waals surface area contributed by atoms with Gasteiger partial charge >= 0.3 is 0 Å². The van der Waals surface area contributed by atoms with E-state index < -0.39 is 6.10 Å². The number of carbonyl (C=O) groups excluding carboxylic acids is 1. The summed E-state index contributed by atoms with van der Waals surface area (Å²) in [6, 6.07) is 0.351. The number of hydrogen-bond acceptors (Lipinski definition) is 4. The molecular weight excluding hydrogens is 206 g/mol. The Kier molecular flexibility index (Phi) is 4.15. The number of aliphatic hydroxyl groups excluding tert-OH is 1. The van der Waals surface area contributed by atoms with Gasteiger partial charge in [-0.2, -0.15) is 0 Å². The molecule has 0 aliphatic carbocycles. The predicted molar refractivity (Wildman–Crippen MR) is 61.1 cm³/mol. The van der Waals surface area contributed by atoms with E-state index in [1.54, 1.807) is 0 Å². The van der Waals surface area contributed by atoms with Crippen molar-refractivity contribution in [2.45, 2.75) is 43.9 Å². The van der Waals surface area contributed by atoms with E-state index in [-0.39, 0.29) is 24.4 Å². The Balaban J connectivity index is 1.68. The van der Waals surface area contributed by atoms with Gasteiger partial charge in [-0.1, -0.05) is 0 Å². The Bertz CT molecular complexity index is 235. The van der Waals surface area contributed by atoms with Gasteiger partial charge < -0.3 is 21.1 Å². The van der Waals surface area contributed by atoms with Crippen LogP contribution in [0.25, 0.3) is 0 Å². The van der Waals surface area contributed by atoms with E-state index in [1.807, 2.05) is 0 Å². The van der Waals surface area contributed by atoms with E-state index in [4.69, 9.17) is 0 Å². The average molecular weight is 227 g/mol. The summed E-state index contributed by atoms with van der Waals surface area (Å²) in [5, 5.41) is 19.2. The Labute approximate surface area is 96.0 Å². The monoisotopic (exact) mass is 227 g/mol. The highest BCUT2D eigenvalue weighted by Gasteiger charge is 2.25. The van der Waals surface area contributed by atoms with E-state index >= 15 is 0 Å². The fraction of sp³-hybridized carbons (Fsp3) is 0.909. The molecule has 3 atom stereocenters. The first-order valence-corrected chi connectivity index (χ1v) is 6.17. The number of hydrogen-bond donors (Lipinski definition) is 4. The Morgan fingerprint density at radius 3 is 2.94 bits per heavy atom. The summed E-state index contributed by atoms with van der Waals surface area (Å²) >= 11 is 0. The van der Waals surface area contributed by atoms with Crippen LogP contribution in [0.5, 0.6) is 0 Å². The molecule has 16 heavy (non-hydrogen) atoms. The largest absolute Gasteiger partial charge is 0.391 e. The lowest BCUT2D eigenvalue weighted by Gasteiger charge is -2.19. The maximum absolute atomic E-state index is 11.6. The maximum atomic E-state index is 11.6. The van der Waals surface area contributed by atoms with E-state index in [2.05, 4.69) is 16.0 Å². The van der Waals surface area contributed by atoms with Crippen molar-refractivity contribution in [2.24, 2.45) is 0 Å². The molecule has 2 aliphatic rings. The molecular formula is C11H21N3O2. The molecule has 0 bridgehead atoms. The van der Waals surface area contributed by atoms with Crippen molar-refractivity contribution in [3.8, 4) is 0 Å². The van der Waals surface area contributed by atoms with Crippen molar-refractivity contribution >= 4 is 5.91 Å². The van der Waals surface area contributed by atoms with Crippen LogP contribution < -0.4 is 16.0 Å². The van der Waals surface area contributed by atoms with Gasteiger partial charge in [-0.05, 0) is 32.4 Å². The number of aliphatic hydroxyl groups is 1. The quantitative estimate of drug-likeness (QED) is 0.495. The molecule has 3 unspecified atom stereocenters. The molecule has 2 heterocycles. The standard InChI is InChI=1S/C11H21N3O2/c15-10(9-2-1-4-13-9)6-11(16)14-8-3-5-12-7-8/h8-10,12-13,15H,1-7H2,(H,14,16). The maximum Gasteiger partial charge on any atom is 0.222 e. The summed E-state index contributed by atoms with van der Waals surface area (Å²) in [5.41, 5.74) is 0. The smallest absolute Gasteiger partial charge is 0.222 e. The molecule has 5 heteroatoms. The molecule has 2 fully saturated rings. The molecule has 4 N–H and O–H groups in total. The third-order valence-electron chi connectivity index (χ3n) is 3.38. The zero-order valence-electron chi connectivity index (χ0n) is 9.54. The topological polar surface area (TPSA) is 73.4 Å². The van der Waals surface area contributed by atoms with Crippen LogP contribution in [0, 0.1) is 0 Å². The van der Waals surface area contributed by atoms with E-state index in [0.29, 0.717) is 0 Å². The molecule has 0 spiro atoms. The highest BCUT2D eigenvalue weighted by Crippen LogP contribution is 2.11. The van der Waals surface area contributed by atoms with Gasteiger partial charge in [0.05, 0.1) is 12.5 Å². The lowest BCUT2D eigenvalue weighted by atomic mass is 10.1. The van der Waals surface area contributed by atoms with Gasteiger partial charge in [-0.3, -0.25) is 4.79 Å². The van der Waals surface area contributed by atoms with E-state index in [1.165, 1.54) is 0 Å². The number of amides is 1. The molecule has 0 radical (unpaired) electrons. The fourth-order valence-corrected chi connectivity index (χ4v) is 2.44. The van der Waals surface area contributed by atoms with Crippen molar-refractivity contribution in [1.29, 1.82) is 0 Å². The first kappa shape index (κ1) is 11.8. The van der Waals surface area contributed by atoms with Crippen LogP contribution in [-0.4, -0.2) is 48.8 Å². The highest BCUT2D eigenvalue weighted by atomic mass is 16.3. The minimum atomic E-state index is -0.545. The Morgan fingerprint density at radius 2 is 2.31 bits per heavy atom. The second-order valence-corrected chi connectivity index (χ2v) is 4.73. The van der Waals surface area contributed by atoms with E-state index in [9.17, 15) is 9.90 Å². The average Bonchev–Trinajstić information content (AvgIpc) is 2.88. The summed E-state index contributed by atoms with van der Waals surface area (Å²) in [5.74, 6) is -0.0325. The van der Waals surface area contributed by atoms with Gasteiger partial charge in [0.2, 0.25) is 5.91 Å². The minimum Gasteiger partial charge on any atom is -0.391 e. The third-order valence-corrected chi connectivity index (χ3v) is 3.38. The number of rotatable bonds is 4. The van der Waals surface area contributed by atoms with Crippen LogP contribution in [0.3, 0.4) is 0 Å². The van der Waals surface area contributed by atoms with Crippen molar-refractivity contribution in [1.82, 2.24) is 16.0 Å². The van der Waals surface area contributed by atoms with E-state index in [0.717, 1.165) is 38.9 Å². The van der Waals surface area contributed by atoms with Gasteiger partial charge in [-0.25, -0.2) is 0 Å². The summed E-state index contributed by atoms with van der Waals surface area (Å²) in [7, 11) is 0. The van der Waals surface area contributed by atoms with Crippen LogP contribution >= 0.6 is 0 Å². The molecule has 0 aromatic rings. The number of nitrogens with one attached hydrogen (secondary N) is 3. The number of carbonyl (C=O) groups is 1. The molecule has 2 rings (SSSR count). The van der Waals surface area contributed by atoms with Gasteiger partial charge in [0.25, 0.3) is 0 Å². The molecule has 2 aliphatic heterocycles. The van der Waals surface area contributed by atoms with Gasteiger partial charge in [0.15, 0.2) is 0 Å². The molecule has 0 aromatic heterocycles. The predicted octanol–water partition coefficient (Wildman–Crippen LogP) is -1.03. The molecule has 2 saturated heterocycles. The van der Waals surface area contributed by atoms with Crippen molar-refractivity contribution in [2.75, 3.05) is 19.6 Å². The lowest BCUT2D eigenvalue weighted by molar-refractivity contribution is -0.123. The minimum absolute atomic E-state index is 0.0325. The van der Waals surface area contributed by atoms with Crippen molar-refractivity contribution < 1.29 is 9.90 Å². The zero-order valence-corrected chi connectivity index (χ0v) is 9.54. The second kappa shape index (κ2) is 5.61. The zero-order chi connectivity index (χ0) is 11.4. The van der Waals surface area contributed by atoms with Gasteiger partial charge in [0.1, 0.15) is 0 Å². The van der Waals surface area contributed by atoms with Gasteiger partial charge in [0, 0.05) is 18.6 Å². The third kappa shape index (κ3) is 3.17. The van der Waals surface area contributed by atoms with Crippen LogP contribution in [0.15, 0.2) is 0 Å². The normalized spacial score (nSPS) is 31.6. The van der Waals surface area contributed by atoms with Crippen LogP contribution in [0.2, 0.25) is 0 Å². The molecule has 1 amide bonds. The van der Waals surface area contributed by atoms with Crippen LogP contribution in [0.1, 0.15) is 25.7 Å². The van der Waals surface area contributed by atoms with Crippen LogP contribution in [0.4, 0.5) is 0 Å². The Hall–Kier alpha value is -0.650. The summed E-state index contributed by atoms with van der Waals surface area (Å²) in [6.45, 7) is 2.77.